The summed E-state index contributed by atoms with van der Waals surface area (Å²) in [6.07, 6.45) is 3.75. The third kappa shape index (κ3) is 2.43. The van der Waals surface area contributed by atoms with Gasteiger partial charge in [0.25, 0.3) is 0 Å². The molecule has 3 aromatic rings. The quantitative estimate of drug-likeness (QED) is 0.698. The van der Waals surface area contributed by atoms with Crippen LogP contribution in [0, 0.1) is 0 Å². The first-order valence-electron chi connectivity index (χ1n) is 6.07. The van der Waals surface area contributed by atoms with Crippen LogP contribution in [0.1, 0.15) is 5.76 Å². The van der Waals surface area contributed by atoms with Crippen molar-refractivity contribution in [2.75, 3.05) is 6.54 Å². The van der Waals surface area contributed by atoms with E-state index in [1.165, 1.54) is 0 Å². The Kier molecular flexibility index (Phi) is 3.10. The van der Waals surface area contributed by atoms with Gasteiger partial charge in [-0.15, -0.1) is 0 Å². The topological polar surface area (TPSA) is 43.0 Å². The highest BCUT2D eigenvalue weighted by Crippen LogP contribution is 2.18. The average molecular weight is 241 g/mol. The van der Waals surface area contributed by atoms with Gasteiger partial charge in [0.1, 0.15) is 11.3 Å². The van der Waals surface area contributed by atoms with Crippen molar-refractivity contribution >= 4 is 11.0 Å². The Hall–Kier alpha value is -2.07. The Morgan fingerprint density at radius 3 is 3.00 bits per heavy atom. The number of nitrogens with zero attached hydrogens (tertiary/aromatic N) is 2. The molecule has 0 aliphatic carbocycles. The van der Waals surface area contributed by atoms with Crippen molar-refractivity contribution in [3.8, 4) is 0 Å². The molecule has 0 amide bonds. The predicted molar refractivity (Wildman–Crippen MR) is 70.1 cm³/mol. The number of hydrogen-bond donors (Lipinski definition) is 1. The van der Waals surface area contributed by atoms with E-state index in [2.05, 4.69) is 22.5 Å². The van der Waals surface area contributed by atoms with Crippen LogP contribution in [0.5, 0.6) is 0 Å². The Morgan fingerprint density at radius 2 is 2.17 bits per heavy atom. The highest BCUT2D eigenvalue weighted by atomic mass is 16.3. The van der Waals surface area contributed by atoms with E-state index in [0.717, 1.165) is 36.4 Å². The van der Waals surface area contributed by atoms with E-state index in [4.69, 9.17) is 4.42 Å². The zero-order valence-electron chi connectivity index (χ0n) is 10.0. The van der Waals surface area contributed by atoms with Gasteiger partial charge in [0.15, 0.2) is 0 Å². The third-order valence-corrected chi connectivity index (χ3v) is 2.85. The molecule has 0 atom stereocenters. The second kappa shape index (κ2) is 5.06. The fourth-order valence-electron chi connectivity index (χ4n) is 1.96. The summed E-state index contributed by atoms with van der Waals surface area (Å²) >= 11 is 0. The van der Waals surface area contributed by atoms with Crippen molar-refractivity contribution < 1.29 is 4.42 Å². The maximum absolute atomic E-state index is 5.72. The van der Waals surface area contributed by atoms with Gasteiger partial charge in [0.05, 0.1) is 13.1 Å². The Morgan fingerprint density at radius 1 is 1.22 bits per heavy atom. The smallest absolute Gasteiger partial charge is 0.134 e. The van der Waals surface area contributed by atoms with Gasteiger partial charge >= 0.3 is 0 Å². The monoisotopic (exact) mass is 241 g/mol. The van der Waals surface area contributed by atoms with Gasteiger partial charge in [-0.3, -0.25) is 4.68 Å². The van der Waals surface area contributed by atoms with Crippen LogP contribution in [-0.4, -0.2) is 16.3 Å². The molecular weight excluding hydrogens is 226 g/mol. The summed E-state index contributed by atoms with van der Waals surface area (Å²) in [7, 11) is 0. The van der Waals surface area contributed by atoms with E-state index in [-0.39, 0.29) is 0 Å². The van der Waals surface area contributed by atoms with Crippen LogP contribution in [0.4, 0.5) is 0 Å². The van der Waals surface area contributed by atoms with Gasteiger partial charge in [-0.2, -0.15) is 5.10 Å². The summed E-state index contributed by atoms with van der Waals surface area (Å²) in [4.78, 5) is 0. The SMILES string of the molecule is c1ccc2oc(CNCCn3cccn3)cc2c1. The minimum atomic E-state index is 0.746. The van der Waals surface area contributed by atoms with E-state index in [0.29, 0.717) is 0 Å². The molecule has 2 heterocycles. The Balaban J connectivity index is 1.53. The zero-order chi connectivity index (χ0) is 12.2. The van der Waals surface area contributed by atoms with Crippen LogP contribution in [0.2, 0.25) is 0 Å². The van der Waals surface area contributed by atoms with Crippen LogP contribution in [0.15, 0.2) is 53.2 Å². The summed E-state index contributed by atoms with van der Waals surface area (Å²) in [6.45, 7) is 2.49. The molecule has 1 N–H and O–H groups in total. The predicted octanol–water partition coefficient (Wildman–Crippen LogP) is 2.42. The fourth-order valence-corrected chi connectivity index (χ4v) is 1.96. The number of fused-ring (bicyclic) bond motifs is 1. The molecular formula is C14H15N3O. The molecule has 0 aliphatic heterocycles. The van der Waals surface area contributed by atoms with Crippen LogP contribution in [0.3, 0.4) is 0 Å². The van der Waals surface area contributed by atoms with Gasteiger partial charge in [-0.1, -0.05) is 18.2 Å². The molecule has 0 saturated carbocycles. The summed E-state index contributed by atoms with van der Waals surface area (Å²) in [5, 5.41) is 8.65. The van der Waals surface area contributed by atoms with E-state index in [1.54, 1.807) is 6.20 Å². The summed E-state index contributed by atoms with van der Waals surface area (Å²) in [5.41, 5.74) is 0.946. The third-order valence-electron chi connectivity index (χ3n) is 2.85. The highest BCUT2D eigenvalue weighted by Gasteiger charge is 2.01. The molecule has 0 radical (unpaired) electrons. The number of para-hydroxylation sites is 1. The molecule has 0 unspecified atom stereocenters. The molecule has 3 rings (SSSR count). The van der Waals surface area contributed by atoms with Gasteiger partial charge in [0.2, 0.25) is 0 Å². The van der Waals surface area contributed by atoms with Gasteiger partial charge in [-0.25, -0.2) is 0 Å². The zero-order valence-corrected chi connectivity index (χ0v) is 10.0. The number of rotatable bonds is 5. The first-order valence-corrected chi connectivity index (χ1v) is 6.07. The van der Waals surface area contributed by atoms with Crippen molar-refractivity contribution in [2.24, 2.45) is 0 Å². The molecule has 4 nitrogen and oxygen atoms in total. The molecule has 0 spiro atoms. The normalized spacial score (nSPS) is 11.1. The summed E-state index contributed by atoms with van der Waals surface area (Å²) in [5.74, 6) is 0.969. The molecule has 0 bridgehead atoms. The minimum Gasteiger partial charge on any atom is -0.460 e. The molecule has 4 heteroatoms. The number of nitrogens with one attached hydrogen (secondary N) is 1. The lowest BCUT2D eigenvalue weighted by atomic mass is 10.2. The minimum absolute atomic E-state index is 0.746. The Bertz CT molecular complexity index is 580. The van der Waals surface area contributed by atoms with E-state index in [1.807, 2.05) is 35.1 Å². The fraction of sp³-hybridized carbons (Fsp3) is 0.214. The average Bonchev–Trinajstić information content (AvgIpc) is 3.03. The van der Waals surface area contributed by atoms with E-state index in [9.17, 15) is 0 Å². The summed E-state index contributed by atoms with van der Waals surface area (Å²) < 4.78 is 7.63. The number of hydrogen-bond acceptors (Lipinski definition) is 3. The van der Waals surface area contributed by atoms with Crippen LogP contribution in [-0.2, 0) is 13.1 Å². The largest absolute Gasteiger partial charge is 0.460 e. The number of furan rings is 1. The molecule has 1 aromatic carbocycles. The molecule has 0 fully saturated rings. The van der Waals surface area contributed by atoms with Gasteiger partial charge in [-0.05, 0) is 18.2 Å². The van der Waals surface area contributed by atoms with Crippen molar-refractivity contribution in [3.63, 3.8) is 0 Å². The van der Waals surface area contributed by atoms with Crippen LogP contribution < -0.4 is 5.32 Å². The molecule has 0 aliphatic rings. The highest BCUT2D eigenvalue weighted by molar-refractivity contribution is 5.77. The maximum atomic E-state index is 5.72. The Labute approximate surface area is 105 Å². The van der Waals surface area contributed by atoms with Crippen LogP contribution in [0.25, 0.3) is 11.0 Å². The standard InChI is InChI=1S/C14H15N3O/c1-2-5-14-12(4-1)10-13(18-14)11-15-7-9-17-8-3-6-16-17/h1-6,8,10,15H,7,9,11H2. The first-order chi connectivity index (χ1) is 8.92. The van der Waals surface area contributed by atoms with Crippen molar-refractivity contribution in [2.45, 2.75) is 13.1 Å². The van der Waals surface area contributed by atoms with Crippen molar-refractivity contribution in [1.82, 2.24) is 15.1 Å². The number of aromatic nitrogens is 2. The maximum Gasteiger partial charge on any atom is 0.134 e. The lowest BCUT2D eigenvalue weighted by Crippen LogP contribution is -2.19. The van der Waals surface area contributed by atoms with Crippen molar-refractivity contribution in [3.05, 3.63) is 54.6 Å². The van der Waals surface area contributed by atoms with E-state index >= 15 is 0 Å². The second-order valence-electron chi connectivity index (χ2n) is 4.20. The molecule has 2 aromatic heterocycles. The van der Waals surface area contributed by atoms with Crippen molar-refractivity contribution in [1.29, 1.82) is 0 Å². The molecule has 18 heavy (non-hydrogen) atoms. The lowest BCUT2D eigenvalue weighted by molar-refractivity contribution is 0.492. The first kappa shape index (κ1) is 11.0. The van der Waals surface area contributed by atoms with E-state index < -0.39 is 0 Å². The van der Waals surface area contributed by atoms with Crippen LogP contribution >= 0.6 is 0 Å². The van der Waals surface area contributed by atoms with Gasteiger partial charge < -0.3 is 9.73 Å². The molecule has 92 valence electrons. The second-order valence-corrected chi connectivity index (χ2v) is 4.20. The lowest BCUT2D eigenvalue weighted by Gasteiger charge is -2.02. The number of benzene rings is 1. The molecule has 0 saturated heterocycles. The van der Waals surface area contributed by atoms with Gasteiger partial charge in [0, 0.05) is 24.3 Å². The summed E-state index contributed by atoms with van der Waals surface area (Å²) in [6, 6.07) is 12.1.